The van der Waals surface area contributed by atoms with Gasteiger partial charge in [0.25, 0.3) is 0 Å². The van der Waals surface area contributed by atoms with Gasteiger partial charge in [0.15, 0.2) is 5.82 Å². The summed E-state index contributed by atoms with van der Waals surface area (Å²) in [5, 5.41) is 11.6. The molecule has 29 heavy (non-hydrogen) atoms. The van der Waals surface area contributed by atoms with Gasteiger partial charge in [-0.25, -0.2) is 4.68 Å². The summed E-state index contributed by atoms with van der Waals surface area (Å²) in [4.78, 5) is 12.5. The molecule has 0 aliphatic rings. The molecule has 3 rings (SSSR count). The van der Waals surface area contributed by atoms with Crippen LogP contribution in [0.2, 0.25) is 10.0 Å². The van der Waals surface area contributed by atoms with E-state index in [0.29, 0.717) is 33.3 Å². The maximum absolute atomic E-state index is 12.5. The van der Waals surface area contributed by atoms with Gasteiger partial charge in [-0.1, -0.05) is 41.0 Å². The highest BCUT2D eigenvalue weighted by molar-refractivity contribution is 8.00. The van der Waals surface area contributed by atoms with Crippen LogP contribution in [0.15, 0.2) is 47.6 Å². The Morgan fingerprint density at radius 3 is 2.66 bits per heavy atom. The number of hydrogen-bond acceptors (Lipinski definition) is 6. The highest BCUT2D eigenvalue weighted by Crippen LogP contribution is 2.31. The first-order chi connectivity index (χ1) is 13.9. The number of nitrogens with zero attached hydrogens (tertiary/aromatic N) is 3. The third-order valence-electron chi connectivity index (χ3n) is 3.95. The summed E-state index contributed by atoms with van der Waals surface area (Å²) in [6, 6.07) is 12.4. The largest absolute Gasteiger partial charge is 0.494 e. The molecule has 0 saturated carbocycles. The third-order valence-corrected chi connectivity index (χ3v) is 5.82. The Kier molecular flexibility index (Phi) is 6.89. The third kappa shape index (κ3) is 4.95. The van der Waals surface area contributed by atoms with E-state index in [0.717, 1.165) is 11.3 Å². The van der Waals surface area contributed by atoms with Gasteiger partial charge in [0.1, 0.15) is 5.75 Å². The summed E-state index contributed by atoms with van der Waals surface area (Å²) in [6.07, 6.45) is 0. The van der Waals surface area contributed by atoms with E-state index in [4.69, 9.17) is 33.8 Å². The lowest BCUT2D eigenvalue weighted by atomic mass is 10.2. The lowest BCUT2D eigenvalue weighted by Gasteiger charge is -2.13. The molecule has 0 spiro atoms. The zero-order chi connectivity index (χ0) is 21.0. The number of rotatable bonds is 7. The predicted octanol–water partition coefficient (Wildman–Crippen LogP) is 4.48. The van der Waals surface area contributed by atoms with Crippen LogP contribution in [0.3, 0.4) is 0 Å². The second kappa shape index (κ2) is 9.39. The van der Waals surface area contributed by atoms with Crippen molar-refractivity contribution >= 4 is 46.6 Å². The SMILES string of the molecule is CCOc1ccc(-c2nnc(S[C@H](C)C(=O)Nc3cccc(Cl)c3Cl)n2N)cc1. The predicted molar refractivity (Wildman–Crippen MR) is 117 cm³/mol. The fraction of sp³-hybridized carbons (Fsp3) is 0.211. The Morgan fingerprint density at radius 1 is 1.24 bits per heavy atom. The monoisotopic (exact) mass is 451 g/mol. The number of benzene rings is 2. The summed E-state index contributed by atoms with van der Waals surface area (Å²) in [7, 11) is 0. The molecule has 3 aromatic rings. The van der Waals surface area contributed by atoms with Crippen LogP contribution in [0.25, 0.3) is 11.4 Å². The number of thioether (sulfide) groups is 1. The molecular formula is C19H19Cl2N5O2S. The van der Waals surface area contributed by atoms with Crippen molar-refractivity contribution < 1.29 is 9.53 Å². The Labute approximate surface area is 182 Å². The van der Waals surface area contributed by atoms with Crippen molar-refractivity contribution in [1.29, 1.82) is 0 Å². The van der Waals surface area contributed by atoms with Gasteiger partial charge in [-0.05, 0) is 50.2 Å². The van der Waals surface area contributed by atoms with Crippen LogP contribution in [-0.2, 0) is 4.79 Å². The smallest absolute Gasteiger partial charge is 0.237 e. The van der Waals surface area contributed by atoms with E-state index in [1.165, 1.54) is 16.4 Å². The second-order valence-corrected chi connectivity index (χ2v) is 8.08. The lowest BCUT2D eigenvalue weighted by Crippen LogP contribution is -2.23. The van der Waals surface area contributed by atoms with E-state index in [1.807, 2.05) is 31.2 Å². The molecule has 0 saturated heterocycles. The number of aromatic nitrogens is 3. The minimum absolute atomic E-state index is 0.259. The van der Waals surface area contributed by atoms with Gasteiger partial charge >= 0.3 is 0 Å². The molecule has 0 bridgehead atoms. The average Bonchev–Trinajstić information content (AvgIpc) is 3.06. The molecule has 1 atom stereocenters. The minimum Gasteiger partial charge on any atom is -0.494 e. The van der Waals surface area contributed by atoms with Crippen molar-refractivity contribution in [2.45, 2.75) is 24.3 Å². The summed E-state index contributed by atoms with van der Waals surface area (Å²) in [6.45, 7) is 4.25. The Morgan fingerprint density at radius 2 is 1.97 bits per heavy atom. The number of nitrogen functional groups attached to an aromatic ring is 1. The molecule has 3 N–H and O–H groups in total. The molecule has 1 heterocycles. The van der Waals surface area contributed by atoms with Crippen molar-refractivity contribution in [3.63, 3.8) is 0 Å². The fourth-order valence-electron chi connectivity index (χ4n) is 2.47. The van der Waals surface area contributed by atoms with Gasteiger partial charge in [0.2, 0.25) is 11.1 Å². The number of anilines is 1. The summed E-state index contributed by atoms with van der Waals surface area (Å²) < 4.78 is 6.79. The summed E-state index contributed by atoms with van der Waals surface area (Å²) in [5.41, 5.74) is 1.24. The standard InChI is InChI=1S/C19H19Cl2N5O2S/c1-3-28-13-9-7-12(8-10-13)17-24-25-19(26(17)22)29-11(2)18(27)23-15-6-4-5-14(20)16(15)21/h4-11H,3,22H2,1-2H3,(H,23,27)/t11-/m1/s1. The van der Waals surface area contributed by atoms with Gasteiger partial charge in [0.05, 0.1) is 27.6 Å². The van der Waals surface area contributed by atoms with Gasteiger partial charge in [-0.15, -0.1) is 10.2 Å². The van der Waals surface area contributed by atoms with Crippen LogP contribution in [0.5, 0.6) is 5.75 Å². The van der Waals surface area contributed by atoms with Crippen molar-refractivity contribution in [2.75, 3.05) is 17.8 Å². The molecule has 1 amide bonds. The topological polar surface area (TPSA) is 95.1 Å². The number of amides is 1. The first kappa shape index (κ1) is 21.3. The van der Waals surface area contributed by atoms with E-state index >= 15 is 0 Å². The molecule has 0 radical (unpaired) electrons. The molecule has 10 heteroatoms. The van der Waals surface area contributed by atoms with E-state index in [2.05, 4.69) is 15.5 Å². The quantitative estimate of drug-likeness (QED) is 0.405. The van der Waals surface area contributed by atoms with Crippen LogP contribution < -0.4 is 15.9 Å². The molecule has 152 valence electrons. The Balaban J connectivity index is 1.70. The number of nitrogens with one attached hydrogen (secondary N) is 1. The van der Waals surface area contributed by atoms with Gasteiger partial charge in [0, 0.05) is 5.56 Å². The lowest BCUT2D eigenvalue weighted by molar-refractivity contribution is -0.115. The fourth-order valence-corrected chi connectivity index (χ4v) is 3.59. The number of ether oxygens (including phenoxy) is 1. The second-order valence-electron chi connectivity index (χ2n) is 5.98. The van der Waals surface area contributed by atoms with Crippen LogP contribution in [-0.4, -0.2) is 32.6 Å². The van der Waals surface area contributed by atoms with E-state index in [-0.39, 0.29) is 5.91 Å². The van der Waals surface area contributed by atoms with Crippen molar-refractivity contribution in [3.8, 4) is 17.1 Å². The molecule has 2 aromatic carbocycles. The number of carbonyl (C=O) groups is 1. The zero-order valence-corrected chi connectivity index (χ0v) is 18.1. The van der Waals surface area contributed by atoms with Crippen LogP contribution in [0.1, 0.15) is 13.8 Å². The average molecular weight is 452 g/mol. The molecule has 0 aliphatic heterocycles. The van der Waals surface area contributed by atoms with E-state index in [9.17, 15) is 4.79 Å². The first-order valence-corrected chi connectivity index (χ1v) is 10.4. The molecule has 1 aromatic heterocycles. The molecular weight excluding hydrogens is 433 g/mol. The molecule has 0 aliphatic carbocycles. The number of hydrogen-bond donors (Lipinski definition) is 2. The van der Waals surface area contributed by atoms with Crippen molar-refractivity contribution in [3.05, 3.63) is 52.5 Å². The minimum atomic E-state index is -0.496. The Hall–Kier alpha value is -2.42. The zero-order valence-electron chi connectivity index (χ0n) is 15.7. The van der Waals surface area contributed by atoms with Crippen LogP contribution in [0.4, 0.5) is 5.69 Å². The molecule has 0 unspecified atom stereocenters. The highest BCUT2D eigenvalue weighted by Gasteiger charge is 2.21. The molecule has 7 nitrogen and oxygen atoms in total. The summed E-state index contributed by atoms with van der Waals surface area (Å²) >= 11 is 13.3. The van der Waals surface area contributed by atoms with Gasteiger partial charge in [-0.2, -0.15) is 0 Å². The number of nitrogens with two attached hydrogens (primary N) is 1. The first-order valence-electron chi connectivity index (χ1n) is 8.76. The van der Waals surface area contributed by atoms with Crippen LogP contribution in [0, 0.1) is 0 Å². The number of halogens is 2. The van der Waals surface area contributed by atoms with Gasteiger partial charge < -0.3 is 15.9 Å². The van der Waals surface area contributed by atoms with E-state index in [1.54, 1.807) is 25.1 Å². The molecule has 0 fully saturated rings. The maximum Gasteiger partial charge on any atom is 0.237 e. The maximum atomic E-state index is 12.5. The number of carbonyl (C=O) groups excluding carboxylic acids is 1. The van der Waals surface area contributed by atoms with E-state index < -0.39 is 5.25 Å². The van der Waals surface area contributed by atoms with Gasteiger partial charge in [-0.3, -0.25) is 4.79 Å². The van der Waals surface area contributed by atoms with Crippen molar-refractivity contribution in [1.82, 2.24) is 14.9 Å². The van der Waals surface area contributed by atoms with Crippen molar-refractivity contribution in [2.24, 2.45) is 0 Å². The summed E-state index contributed by atoms with van der Waals surface area (Å²) in [5.74, 6) is 7.14. The Bertz CT molecular complexity index is 1010. The normalized spacial score (nSPS) is 11.9. The van der Waals surface area contributed by atoms with Crippen LogP contribution >= 0.6 is 35.0 Å². The highest BCUT2D eigenvalue weighted by atomic mass is 35.5.